The zero-order valence-corrected chi connectivity index (χ0v) is 11.6. The molecule has 0 aromatic heterocycles. The van der Waals surface area contributed by atoms with Crippen molar-refractivity contribution in [2.75, 3.05) is 0 Å². The van der Waals surface area contributed by atoms with Crippen molar-refractivity contribution in [1.29, 1.82) is 0 Å². The molecule has 0 atom stereocenters. The van der Waals surface area contributed by atoms with Gasteiger partial charge >= 0.3 is 47.6 Å². The molecule has 0 saturated heterocycles. The maximum absolute atomic E-state index is 4.50. The fourth-order valence-corrected chi connectivity index (χ4v) is 0. The minimum Gasteiger partial charge on any atom is 0 e. The summed E-state index contributed by atoms with van der Waals surface area (Å²) in [6, 6.07) is 0. The van der Waals surface area contributed by atoms with Crippen molar-refractivity contribution in [3.8, 4) is 0 Å². The summed E-state index contributed by atoms with van der Waals surface area (Å²) in [6.07, 6.45) is 0. The van der Waals surface area contributed by atoms with Gasteiger partial charge in [0, 0.05) is 130 Å². The molecule has 0 aromatic rings. The van der Waals surface area contributed by atoms with Crippen LogP contribution in [0, 0.1) is 173 Å². The second-order valence-corrected chi connectivity index (χ2v) is 0. The van der Waals surface area contributed by atoms with Crippen LogP contribution in [-0.4, -0.2) is 0 Å². The topological polar surface area (TPSA) is 0 Å². The molecular formula is ClEuGdSmYb. The predicted molar refractivity (Wildman–Crippen MR) is 5.85 cm³/mol. The van der Waals surface area contributed by atoms with Crippen LogP contribution in [0.15, 0.2) is 0 Å². The minimum atomic E-state index is 0. The molecule has 0 heterocycles. The van der Waals surface area contributed by atoms with E-state index in [2.05, 4.69) is 47.6 Å². The molecular weight excluding hydrogens is 668 g/mol. The van der Waals surface area contributed by atoms with Gasteiger partial charge in [0.05, 0.1) is 0 Å². The van der Waals surface area contributed by atoms with Crippen LogP contribution in [0.25, 0.3) is 0 Å². The fourth-order valence-electron chi connectivity index (χ4n) is 0. The molecule has 0 rings (SSSR count). The largest absolute Gasteiger partial charge is 0 e. The van der Waals surface area contributed by atoms with E-state index in [-0.39, 0.29) is 130 Å². The average molecular weight is 668 g/mol. The number of rotatable bonds is 0. The van der Waals surface area contributed by atoms with Crippen LogP contribution >= 0.6 is 4.63 Å². The molecule has 0 aromatic carbocycles. The zero-order valence-electron chi connectivity index (χ0n) is 1.78. The third-order valence-electron chi connectivity index (χ3n) is 0. The second-order valence-electron chi connectivity index (χ2n) is 0. The third kappa shape index (κ3) is 17.8. The van der Waals surface area contributed by atoms with E-state index in [0.717, 1.165) is 0 Å². The summed E-state index contributed by atoms with van der Waals surface area (Å²) >= 11 is 2.17. The molecule has 0 N–H and O–H groups in total. The Hall–Kier alpha value is 6.06. The van der Waals surface area contributed by atoms with E-state index in [1.165, 1.54) is 0 Å². The summed E-state index contributed by atoms with van der Waals surface area (Å²) in [7, 11) is 0. The summed E-state index contributed by atoms with van der Waals surface area (Å²) in [4.78, 5) is 0. The van der Waals surface area contributed by atoms with Crippen molar-refractivity contribution in [3.63, 3.8) is 0 Å². The monoisotopic (exact) mass is 672 g/mol. The SMILES string of the molecule is [Cl][Yb].[Eu].[Gd].[Sm]. The first-order valence-electron chi connectivity index (χ1n) is 0.101. The Morgan fingerprint density at radius 1 is 1.20 bits per heavy atom. The van der Waals surface area contributed by atoms with Gasteiger partial charge in [-0.3, -0.25) is 0 Å². The van der Waals surface area contributed by atoms with E-state index in [4.69, 9.17) is 0 Å². The van der Waals surface area contributed by atoms with Crippen LogP contribution in [0.2, 0.25) is 0 Å². The van der Waals surface area contributed by atoms with Crippen LogP contribution in [0.1, 0.15) is 0 Å². The summed E-state index contributed by atoms with van der Waals surface area (Å²) in [5.41, 5.74) is 0. The average Bonchev–Trinajstić information content (AvgIpc) is 1.00. The Morgan fingerprint density at radius 3 is 1.20 bits per heavy atom. The first-order chi connectivity index (χ1) is 1.00. The van der Waals surface area contributed by atoms with Crippen molar-refractivity contribution in [1.82, 2.24) is 0 Å². The van der Waals surface area contributed by atoms with Crippen molar-refractivity contribution in [2.24, 2.45) is 0 Å². The Bertz CT molecular complexity index is 11.6. The van der Waals surface area contributed by atoms with Crippen molar-refractivity contribution < 1.29 is 173 Å². The van der Waals surface area contributed by atoms with Gasteiger partial charge in [0.25, 0.3) is 0 Å². The normalized spacial score (nSPS) is 1.40. The van der Waals surface area contributed by atoms with Crippen LogP contribution in [0.5, 0.6) is 0 Å². The molecule has 0 amide bonds. The van der Waals surface area contributed by atoms with Crippen LogP contribution in [-0.2, 0) is 0 Å². The van der Waals surface area contributed by atoms with Gasteiger partial charge in [-0.15, -0.1) is 0 Å². The zero-order chi connectivity index (χ0) is 2.00. The Labute approximate surface area is 170 Å². The van der Waals surface area contributed by atoms with Gasteiger partial charge in [-0.25, -0.2) is 0 Å². The molecule has 0 saturated carbocycles. The van der Waals surface area contributed by atoms with E-state index >= 15 is 0 Å². The van der Waals surface area contributed by atoms with Gasteiger partial charge in [-0.05, 0) is 0 Å². The van der Waals surface area contributed by atoms with Crippen LogP contribution < -0.4 is 0 Å². The van der Waals surface area contributed by atoms with Gasteiger partial charge in [0.1, 0.15) is 0 Å². The molecule has 1 radical (unpaired) electrons. The molecule has 5 heteroatoms. The standard InChI is InChI=1S/ClH.Eu.Gd.Sm.Yb/h1H;;;;/q;;;;+1/p-1. The Kier molecular flexibility index (Phi) is 101. The van der Waals surface area contributed by atoms with Crippen molar-refractivity contribution in [3.05, 3.63) is 0 Å². The third-order valence-corrected chi connectivity index (χ3v) is 0. The maximum Gasteiger partial charge on any atom is 0 e. The van der Waals surface area contributed by atoms with Gasteiger partial charge in [-0.1, -0.05) is 0 Å². The van der Waals surface area contributed by atoms with E-state index < -0.39 is 0 Å². The van der Waals surface area contributed by atoms with Crippen LogP contribution in [0.4, 0.5) is 0 Å². The van der Waals surface area contributed by atoms with Crippen molar-refractivity contribution >= 4 is 4.63 Å². The Morgan fingerprint density at radius 2 is 1.20 bits per heavy atom. The molecule has 0 bridgehead atoms. The van der Waals surface area contributed by atoms with E-state index in [1.54, 1.807) is 0 Å². The van der Waals surface area contributed by atoms with Gasteiger partial charge in [0.2, 0.25) is 0 Å². The van der Waals surface area contributed by atoms with Gasteiger partial charge < -0.3 is 0 Å². The van der Waals surface area contributed by atoms with E-state index in [0.29, 0.717) is 0 Å². The quantitative estimate of drug-likeness (QED) is 0.357. The number of halogens is 1. The summed E-state index contributed by atoms with van der Waals surface area (Å²) in [6.45, 7) is 0. The maximum atomic E-state index is 4.50. The Balaban J connectivity index is -0.00000000167. The number of hydrogen-bond acceptors (Lipinski definition) is 0. The number of hydrogen-bond donors (Lipinski definition) is 0. The van der Waals surface area contributed by atoms with Crippen LogP contribution in [0.3, 0.4) is 0 Å². The molecule has 0 aliphatic heterocycles. The molecule has 0 aliphatic rings. The van der Waals surface area contributed by atoms with E-state index in [1.807, 2.05) is 0 Å². The van der Waals surface area contributed by atoms with Crippen molar-refractivity contribution in [2.45, 2.75) is 0 Å². The fraction of sp³-hybridized carbons (Fsp3) is 0. The predicted octanol–water partition coefficient (Wildman–Crippen LogP) is 0.690. The molecule has 5 heavy (non-hydrogen) atoms. The minimum absolute atomic E-state index is 0. The summed E-state index contributed by atoms with van der Waals surface area (Å²) in [5.74, 6) is 0. The summed E-state index contributed by atoms with van der Waals surface area (Å²) < 4.78 is 4.50. The second kappa shape index (κ2) is 22.5. The molecule has 0 aliphatic carbocycles. The molecule has 0 nitrogen and oxygen atoms in total. The van der Waals surface area contributed by atoms with Gasteiger partial charge in [-0.2, -0.15) is 0 Å². The van der Waals surface area contributed by atoms with E-state index in [9.17, 15) is 0 Å². The first kappa shape index (κ1) is 22.5. The molecule has 0 spiro atoms. The van der Waals surface area contributed by atoms with Gasteiger partial charge in [0.15, 0.2) is 0 Å². The first-order valence-corrected chi connectivity index (χ1v) is 2.25. The molecule has 42 valence electrons. The summed E-state index contributed by atoms with van der Waals surface area (Å²) in [5, 5.41) is 0. The smallest absolute Gasteiger partial charge is 0 e. The molecule has 0 unspecified atom stereocenters. The molecule has 0 fully saturated rings.